The first-order valence-electron chi connectivity index (χ1n) is 20.6. The van der Waals surface area contributed by atoms with Gasteiger partial charge in [-0.2, -0.15) is 0 Å². The van der Waals surface area contributed by atoms with Gasteiger partial charge in [-0.25, -0.2) is 15.0 Å². The molecule has 4 heteroatoms. The van der Waals surface area contributed by atoms with Crippen LogP contribution in [0.15, 0.2) is 231 Å². The molecule has 0 saturated heterocycles. The smallest absolute Gasteiger partial charge is 0.164 e. The van der Waals surface area contributed by atoms with Crippen molar-refractivity contribution < 1.29 is 0 Å². The Morgan fingerprint density at radius 3 is 1.15 bits per heavy atom. The Balaban J connectivity index is 0.934. The fourth-order valence-electron chi connectivity index (χ4n) is 8.35. The molecule has 0 aliphatic rings. The molecule has 61 heavy (non-hydrogen) atoms. The number of para-hydroxylation sites is 1. The van der Waals surface area contributed by atoms with Crippen molar-refractivity contribution in [3.63, 3.8) is 0 Å². The highest BCUT2D eigenvalue weighted by atomic mass is 15.0. The lowest BCUT2D eigenvalue weighted by Gasteiger charge is -2.11. The topological polar surface area (TPSA) is 43.6 Å². The number of rotatable bonds is 8. The summed E-state index contributed by atoms with van der Waals surface area (Å²) in [7, 11) is 0. The normalized spacial score (nSPS) is 11.3. The molecule has 0 unspecified atom stereocenters. The minimum Gasteiger partial charge on any atom is -0.309 e. The number of fused-ring (bicyclic) bond motifs is 3. The van der Waals surface area contributed by atoms with Crippen molar-refractivity contribution in [3.8, 4) is 84.4 Å². The van der Waals surface area contributed by atoms with E-state index in [1.165, 1.54) is 38.5 Å². The van der Waals surface area contributed by atoms with Gasteiger partial charge in [-0.1, -0.05) is 194 Å². The van der Waals surface area contributed by atoms with E-state index in [1.807, 2.05) is 12.1 Å². The zero-order chi connectivity index (χ0) is 40.5. The first-order chi connectivity index (χ1) is 30.2. The van der Waals surface area contributed by atoms with E-state index < -0.39 is 0 Å². The molecule has 0 aliphatic carbocycles. The summed E-state index contributed by atoms with van der Waals surface area (Å²) < 4.78 is 2.37. The van der Waals surface area contributed by atoms with Crippen molar-refractivity contribution in [2.24, 2.45) is 0 Å². The molecule has 0 bridgehead atoms. The molecule has 4 nitrogen and oxygen atoms in total. The van der Waals surface area contributed by atoms with E-state index in [9.17, 15) is 0 Å². The molecule has 0 radical (unpaired) electrons. The molecule has 0 N–H and O–H groups in total. The van der Waals surface area contributed by atoms with Crippen LogP contribution >= 0.6 is 0 Å². The predicted octanol–water partition coefficient (Wildman–Crippen LogP) is 14.6. The number of benzene rings is 9. The second-order valence-electron chi connectivity index (χ2n) is 15.3. The number of nitrogens with zero attached hydrogens (tertiary/aromatic N) is 4. The van der Waals surface area contributed by atoms with Crippen LogP contribution in [0.25, 0.3) is 106 Å². The molecule has 0 saturated carbocycles. The van der Waals surface area contributed by atoms with Crippen LogP contribution in [0.1, 0.15) is 0 Å². The molecule has 9 aromatic carbocycles. The van der Waals surface area contributed by atoms with Crippen LogP contribution in [0, 0.1) is 0 Å². The quantitative estimate of drug-likeness (QED) is 0.154. The summed E-state index contributed by atoms with van der Waals surface area (Å²) in [5.41, 5.74) is 15.5. The highest BCUT2D eigenvalue weighted by Crippen LogP contribution is 2.36. The van der Waals surface area contributed by atoms with E-state index in [2.05, 4.69) is 223 Å². The maximum absolute atomic E-state index is 5.09. The Morgan fingerprint density at radius 2 is 0.590 bits per heavy atom. The summed E-state index contributed by atoms with van der Waals surface area (Å²) >= 11 is 0. The lowest BCUT2D eigenvalue weighted by Crippen LogP contribution is -2.00. The number of aromatic nitrogens is 4. The van der Waals surface area contributed by atoms with Gasteiger partial charge in [0.15, 0.2) is 17.5 Å². The van der Waals surface area contributed by atoms with Crippen molar-refractivity contribution in [1.82, 2.24) is 19.5 Å². The summed E-state index contributed by atoms with van der Waals surface area (Å²) in [5.74, 6) is 1.89. The lowest BCUT2D eigenvalue weighted by molar-refractivity contribution is 1.07. The molecular weight excluding hydrogens is 741 g/mol. The third-order valence-corrected chi connectivity index (χ3v) is 11.5. The average Bonchev–Trinajstić information content (AvgIpc) is 3.68. The van der Waals surface area contributed by atoms with E-state index in [1.54, 1.807) is 0 Å². The highest BCUT2D eigenvalue weighted by Gasteiger charge is 2.16. The van der Waals surface area contributed by atoms with Gasteiger partial charge < -0.3 is 4.57 Å². The van der Waals surface area contributed by atoms with Crippen LogP contribution in [0.5, 0.6) is 0 Å². The van der Waals surface area contributed by atoms with Crippen molar-refractivity contribution in [2.45, 2.75) is 0 Å². The van der Waals surface area contributed by atoms with Gasteiger partial charge in [-0.3, -0.25) is 0 Å². The third kappa shape index (κ3) is 6.96. The van der Waals surface area contributed by atoms with Crippen LogP contribution in [0.3, 0.4) is 0 Å². The van der Waals surface area contributed by atoms with Crippen molar-refractivity contribution in [1.29, 1.82) is 0 Å². The monoisotopic (exact) mass is 778 g/mol. The predicted molar refractivity (Wildman–Crippen MR) is 252 cm³/mol. The van der Waals surface area contributed by atoms with Crippen LogP contribution in [0.4, 0.5) is 0 Å². The molecular formula is C57H38N4. The van der Waals surface area contributed by atoms with E-state index in [0.717, 1.165) is 50.2 Å². The zero-order valence-electron chi connectivity index (χ0n) is 33.2. The molecule has 0 atom stereocenters. The van der Waals surface area contributed by atoms with E-state index in [4.69, 9.17) is 15.0 Å². The standard InChI is InChI=1S/C57H38N4/c1-4-13-39(14-5-1)42-23-27-45(28-24-42)55-58-56(60-57(59-55)49-20-12-19-47(37-49)40-15-6-2-7-16-40)46-29-25-43(26-30-46)44-31-34-50(35-32-44)61-53-22-11-10-21-51(53)52-38-48(33-36-54(52)61)41-17-8-3-9-18-41/h1-38H. The Morgan fingerprint density at radius 1 is 0.230 bits per heavy atom. The van der Waals surface area contributed by atoms with E-state index in [0.29, 0.717) is 17.5 Å². The highest BCUT2D eigenvalue weighted by molar-refractivity contribution is 6.10. The lowest BCUT2D eigenvalue weighted by atomic mass is 10.0. The summed E-state index contributed by atoms with van der Waals surface area (Å²) in [6.45, 7) is 0. The Labute approximate surface area is 354 Å². The van der Waals surface area contributed by atoms with Gasteiger partial charge >= 0.3 is 0 Å². The van der Waals surface area contributed by atoms with E-state index in [-0.39, 0.29) is 0 Å². The average molecular weight is 779 g/mol. The van der Waals surface area contributed by atoms with Crippen molar-refractivity contribution >= 4 is 21.8 Å². The maximum atomic E-state index is 5.09. The molecule has 11 rings (SSSR count). The molecule has 0 fully saturated rings. The summed E-state index contributed by atoms with van der Waals surface area (Å²) in [5, 5.41) is 2.49. The summed E-state index contributed by atoms with van der Waals surface area (Å²) in [4.78, 5) is 15.2. The molecule has 286 valence electrons. The molecule has 0 amide bonds. The Kier molecular flexibility index (Phi) is 9.14. The molecule has 2 heterocycles. The SMILES string of the molecule is c1ccc(-c2ccc(-c3nc(-c4ccc(-c5ccc(-n6c7ccccc7c7cc(-c8ccccc8)ccc76)cc5)cc4)nc(-c4cccc(-c5ccccc5)c4)n3)cc2)cc1. The second kappa shape index (κ2) is 15.5. The number of hydrogen-bond donors (Lipinski definition) is 0. The fourth-order valence-corrected chi connectivity index (χ4v) is 8.35. The van der Waals surface area contributed by atoms with Crippen LogP contribution in [-0.4, -0.2) is 19.5 Å². The van der Waals surface area contributed by atoms with Crippen LogP contribution < -0.4 is 0 Å². The largest absolute Gasteiger partial charge is 0.309 e. The van der Waals surface area contributed by atoms with Gasteiger partial charge in [0.25, 0.3) is 0 Å². The first kappa shape index (κ1) is 35.9. The molecule has 0 aliphatic heterocycles. The van der Waals surface area contributed by atoms with Crippen LogP contribution in [-0.2, 0) is 0 Å². The first-order valence-corrected chi connectivity index (χ1v) is 20.6. The second-order valence-corrected chi connectivity index (χ2v) is 15.3. The van der Waals surface area contributed by atoms with Crippen molar-refractivity contribution in [3.05, 3.63) is 231 Å². The molecule has 2 aromatic heterocycles. The zero-order valence-corrected chi connectivity index (χ0v) is 33.2. The van der Waals surface area contributed by atoms with Crippen molar-refractivity contribution in [2.75, 3.05) is 0 Å². The van der Waals surface area contributed by atoms with Gasteiger partial charge in [0, 0.05) is 33.2 Å². The van der Waals surface area contributed by atoms with Gasteiger partial charge in [0.05, 0.1) is 11.0 Å². The minimum atomic E-state index is 0.626. The fraction of sp³-hybridized carbons (Fsp3) is 0. The molecule has 11 aromatic rings. The van der Waals surface area contributed by atoms with Gasteiger partial charge in [0.2, 0.25) is 0 Å². The Hall–Kier alpha value is -8.21. The number of hydrogen-bond acceptors (Lipinski definition) is 3. The minimum absolute atomic E-state index is 0.626. The Bertz CT molecular complexity index is 3300. The maximum Gasteiger partial charge on any atom is 0.164 e. The molecule has 0 spiro atoms. The van der Waals surface area contributed by atoms with E-state index >= 15 is 0 Å². The summed E-state index contributed by atoms with van der Waals surface area (Å²) in [6, 6.07) is 81.2. The van der Waals surface area contributed by atoms with Gasteiger partial charge in [-0.05, 0) is 80.9 Å². The third-order valence-electron chi connectivity index (χ3n) is 11.5. The van der Waals surface area contributed by atoms with Gasteiger partial charge in [0.1, 0.15) is 0 Å². The van der Waals surface area contributed by atoms with Gasteiger partial charge in [-0.15, -0.1) is 0 Å². The van der Waals surface area contributed by atoms with Crippen LogP contribution in [0.2, 0.25) is 0 Å². The summed E-state index contributed by atoms with van der Waals surface area (Å²) in [6.07, 6.45) is 0.